The van der Waals surface area contributed by atoms with Crippen LogP contribution in [0.1, 0.15) is 48.8 Å². The first-order valence-electron chi connectivity index (χ1n) is 10.8. The normalized spacial score (nSPS) is 15.8. The smallest absolute Gasteiger partial charge is 0.206 e. The van der Waals surface area contributed by atoms with Crippen LogP contribution in [-0.4, -0.2) is 19.9 Å². The number of rotatable bonds is 7. The highest BCUT2D eigenvalue weighted by molar-refractivity contribution is 7.91. The van der Waals surface area contributed by atoms with E-state index in [0.717, 1.165) is 54.6 Å². The van der Waals surface area contributed by atoms with Crippen molar-refractivity contribution in [2.45, 2.75) is 48.3 Å². The summed E-state index contributed by atoms with van der Waals surface area (Å²) in [6.07, 6.45) is 7.59. The molecule has 1 heterocycles. The predicted octanol–water partition coefficient (Wildman–Crippen LogP) is 5.87. The quantitative estimate of drug-likeness (QED) is 0.507. The fourth-order valence-corrected chi connectivity index (χ4v) is 5.61. The van der Waals surface area contributed by atoms with Gasteiger partial charge >= 0.3 is 0 Å². The molecular weight excluding hydrogens is 404 g/mol. The molecule has 1 aromatic heterocycles. The molecular formula is C26H28N2O2S. The molecule has 0 bridgehead atoms. The van der Waals surface area contributed by atoms with Crippen molar-refractivity contribution in [2.75, 3.05) is 11.9 Å². The highest BCUT2D eigenvalue weighted by Crippen LogP contribution is 2.35. The van der Waals surface area contributed by atoms with E-state index in [-0.39, 0.29) is 0 Å². The number of fused-ring (bicyclic) bond motifs is 1. The second-order valence-corrected chi connectivity index (χ2v) is 9.98. The zero-order chi connectivity index (χ0) is 21.8. The summed E-state index contributed by atoms with van der Waals surface area (Å²) in [7, 11) is -3.50. The van der Waals surface area contributed by atoms with Crippen molar-refractivity contribution in [3.63, 3.8) is 0 Å². The molecule has 0 saturated carbocycles. The molecule has 0 unspecified atom stereocenters. The van der Waals surface area contributed by atoms with Crippen LogP contribution in [0.2, 0.25) is 0 Å². The lowest BCUT2D eigenvalue weighted by Crippen LogP contribution is -2.19. The summed E-state index contributed by atoms with van der Waals surface area (Å²) >= 11 is 0. The van der Waals surface area contributed by atoms with Crippen LogP contribution in [0.15, 0.2) is 83.4 Å². The van der Waals surface area contributed by atoms with E-state index in [0.29, 0.717) is 15.7 Å². The van der Waals surface area contributed by atoms with Gasteiger partial charge in [-0.15, -0.1) is 0 Å². The van der Waals surface area contributed by atoms with E-state index in [1.165, 1.54) is 5.56 Å². The monoisotopic (exact) mass is 432 g/mol. The van der Waals surface area contributed by atoms with Gasteiger partial charge in [0.25, 0.3) is 0 Å². The molecule has 0 amide bonds. The fourth-order valence-electron chi connectivity index (χ4n) is 4.27. The lowest BCUT2D eigenvalue weighted by Gasteiger charge is -2.27. The number of allylic oxidation sites excluding steroid dienone is 1. The summed E-state index contributed by atoms with van der Waals surface area (Å²) in [6, 6.07) is 16.3. The third-order valence-electron chi connectivity index (χ3n) is 6.08. The molecule has 3 aromatic rings. The van der Waals surface area contributed by atoms with Gasteiger partial charge in [0, 0.05) is 24.2 Å². The van der Waals surface area contributed by atoms with Gasteiger partial charge < -0.3 is 5.32 Å². The third kappa shape index (κ3) is 4.42. The van der Waals surface area contributed by atoms with Crippen LogP contribution < -0.4 is 5.32 Å². The molecule has 0 fully saturated rings. The minimum Gasteiger partial charge on any atom is -0.383 e. The van der Waals surface area contributed by atoms with Gasteiger partial charge in [0.1, 0.15) is 0 Å². The Kier molecular flexibility index (Phi) is 6.23. The highest BCUT2D eigenvalue weighted by atomic mass is 32.2. The van der Waals surface area contributed by atoms with Crippen molar-refractivity contribution in [2.24, 2.45) is 0 Å². The Hall–Kier alpha value is -2.92. The molecule has 2 aromatic carbocycles. The van der Waals surface area contributed by atoms with E-state index in [1.54, 1.807) is 36.5 Å². The van der Waals surface area contributed by atoms with Crippen LogP contribution in [0.4, 0.5) is 5.69 Å². The molecule has 4 nitrogen and oxygen atoms in total. The predicted molar refractivity (Wildman–Crippen MR) is 126 cm³/mol. The molecule has 1 atom stereocenters. The summed E-state index contributed by atoms with van der Waals surface area (Å²) in [5.74, 6) is 0.333. The minimum absolute atomic E-state index is 0.333. The van der Waals surface area contributed by atoms with Crippen molar-refractivity contribution >= 4 is 21.1 Å². The maximum atomic E-state index is 13.0. The standard InChI is InChI=1S/C26H28N2O2S/c1-3-19(2)24-14-15-27-18-26(24)28-17-21-9-7-8-20-16-23(12-13-25(20)21)31(29,30)22-10-5-4-6-11-22/h4-6,10-16,18,21,28H,2-3,7-9,17H2,1H3/t21-/m0/s1. The number of nitrogens with zero attached hydrogens (tertiary/aromatic N) is 1. The number of nitrogens with one attached hydrogen (secondary N) is 1. The Morgan fingerprint density at radius 1 is 1.13 bits per heavy atom. The Morgan fingerprint density at radius 3 is 2.71 bits per heavy atom. The zero-order valence-electron chi connectivity index (χ0n) is 17.8. The lowest BCUT2D eigenvalue weighted by molar-refractivity contribution is 0.568. The number of benzene rings is 2. The molecule has 4 rings (SSSR count). The molecule has 1 N–H and O–H groups in total. The van der Waals surface area contributed by atoms with Crippen LogP contribution in [0.3, 0.4) is 0 Å². The molecule has 1 aliphatic rings. The average molecular weight is 433 g/mol. The van der Waals surface area contributed by atoms with E-state index in [9.17, 15) is 8.42 Å². The van der Waals surface area contributed by atoms with Crippen LogP contribution >= 0.6 is 0 Å². The summed E-state index contributed by atoms with van der Waals surface area (Å²) < 4.78 is 26.0. The van der Waals surface area contributed by atoms with E-state index in [4.69, 9.17) is 0 Å². The maximum absolute atomic E-state index is 13.0. The number of aryl methyl sites for hydroxylation is 1. The van der Waals surface area contributed by atoms with Crippen molar-refractivity contribution in [3.8, 4) is 0 Å². The van der Waals surface area contributed by atoms with Gasteiger partial charge in [0.05, 0.1) is 21.7 Å². The molecule has 160 valence electrons. The largest absolute Gasteiger partial charge is 0.383 e. The molecule has 0 radical (unpaired) electrons. The van der Waals surface area contributed by atoms with Gasteiger partial charge in [-0.1, -0.05) is 37.8 Å². The Morgan fingerprint density at radius 2 is 1.94 bits per heavy atom. The second kappa shape index (κ2) is 9.06. The van der Waals surface area contributed by atoms with Crippen molar-refractivity contribution < 1.29 is 8.42 Å². The van der Waals surface area contributed by atoms with Crippen molar-refractivity contribution in [3.05, 3.63) is 90.3 Å². The highest BCUT2D eigenvalue weighted by Gasteiger charge is 2.24. The van der Waals surface area contributed by atoms with Gasteiger partial charge in [0.2, 0.25) is 9.84 Å². The van der Waals surface area contributed by atoms with Crippen LogP contribution in [-0.2, 0) is 16.3 Å². The first kappa shape index (κ1) is 21.3. The van der Waals surface area contributed by atoms with Gasteiger partial charge in [-0.05, 0) is 72.7 Å². The molecule has 5 heteroatoms. The van der Waals surface area contributed by atoms with Gasteiger partial charge in [0.15, 0.2) is 0 Å². The number of sulfone groups is 1. The molecule has 1 aliphatic carbocycles. The SMILES string of the molecule is C=C(CC)c1ccncc1NC[C@@H]1CCCc2cc(S(=O)(=O)c3ccccc3)ccc21. The van der Waals surface area contributed by atoms with Gasteiger partial charge in [-0.3, -0.25) is 4.98 Å². The summed E-state index contributed by atoms with van der Waals surface area (Å²) in [4.78, 5) is 4.98. The first-order chi connectivity index (χ1) is 15.0. The summed E-state index contributed by atoms with van der Waals surface area (Å²) in [5, 5.41) is 3.57. The van der Waals surface area contributed by atoms with Gasteiger partial charge in [-0.25, -0.2) is 8.42 Å². The van der Waals surface area contributed by atoms with E-state index < -0.39 is 9.84 Å². The number of anilines is 1. The Bertz CT molecular complexity index is 1190. The number of hydrogen-bond acceptors (Lipinski definition) is 4. The van der Waals surface area contributed by atoms with E-state index in [2.05, 4.69) is 23.8 Å². The molecule has 0 saturated heterocycles. The number of pyridine rings is 1. The number of aromatic nitrogens is 1. The minimum atomic E-state index is -3.50. The van der Waals surface area contributed by atoms with Crippen molar-refractivity contribution in [1.29, 1.82) is 0 Å². The second-order valence-electron chi connectivity index (χ2n) is 8.03. The van der Waals surface area contributed by atoms with E-state index >= 15 is 0 Å². The fraction of sp³-hybridized carbons (Fsp3) is 0.269. The first-order valence-corrected chi connectivity index (χ1v) is 12.3. The molecule has 0 spiro atoms. The van der Waals surface area contributed by atoms with Crippen LogP contribution in [0.5, 0.6) is 0 Å². The Balaban J connectivity index is 1.57. The lowest BCUT2D eigenvalue weighted by atomic mass is 9.83. The average Bonchev–Trinajstić information content (AvgIpc) is 2.82. The summed E-state index contributed by atoms with van der Waals surface area (Å²) in [5.41, 5.74) is 5.58. The molecule has 31 heavy (non-hydrogen) atoms. The number of hydrogen-bond donors (Lipinski definition) is 1. The maximum Gasteiger partial charge on any atom is 0.206 e. The van der Waals surface area contributed by atoms with Crippen LogP contribution in [0.25, 0.3) is 5.57 Å². The Labute approximate surface area is 185 Å². The van der Waals surface area contributed by atoms with Crippen LogP contribution in [0, 0.1) is 0 Å². The van der Waals surface area contributed by atoms with Gasteiger partial charge in [-0.2, -0.15) is 0 Å². The zero-order valence-corrected chi connectivity index (χ0v) is 18.7. The summed E-state index contributed by atoms with van der Waals surface area (Å²) in [6.45, 7) is 7.06. The molecule has 0 aliphatic heterocycles. The van der Waals surface area contributed by atoms with E-state index in [1.807, 2.05) is 30.5 Å². The topological polar surface area (TPSA) is 59.1 Å². The van der Waals surface area contributed by atoms with Crippen molar-refractivity contribution in [1.82, 2.24) is 4.98 Å². The third-order valence-corrected chi connectivity index (χ3v) is 7.85.